The summed E-state index contributed by atoms with van der Waals surface area (Å²) in [4.78, 5) is 13.5. The molecule has 1 fully saturated rings. The summed E-state index contributed by atoms with van der Waals surface area (Å²) in [5.74, 6) is -0.428. The minimum atomic E-state index is -1.02. The molecule has 1 heterocycles. The lowest BCUT2D eigenvalue weighted by molar-refractivity contribution is -0.121. The fraction of sp³-hybridized carbons (Fsp3) is 0.462. The van der Waals surface area contributed by atoms with Gasteiger partial charge < -0.3 is 15.5 Å². The van der Waals surface area contributed by atoms with E-state index < -0.39 is 23.5 Å². The van der Waals surface area contributed by atoms with Crippen LogP contribution in [0.25, 0.3) is 0 Å². The Bertz CT molecular complexity index is 1010. The number of hydrogen-bond acceptors (Lipinski definition) is 5. The van der Waals surface area contributed by atoms with Crippen LogP contribution in [0.5, 0.6) is 0 Å². The first-order chi connectivity index (χ1) is 15.7. The summed E-state index contributed by atoms with van der Waals surface area (Å²) in [6.07, 6.45) is 0.186. The van der Waals surface area contributed by atoms with Crippen LogP contribution < -0.4 is 5.32 Å². The van der Waals surface area contributed by atoms with Crippen LogP contribution in [0, 0.1) is 17.2 Å². The molecule has 0 spiro atoms. The molecule has 0 aromatic heterocycles. The van der Waals surface area contributed by atoms with E-state index in [0.29, 0.717) is 22.9 Å². The van der Waals surface area contributed by atoms with Crippen LogP contribution in [-0.2, 0) is 10.2 Å². The van der Waals surface area contributed by atoms with Gasteiger partial charge in [0.15, 0.2) is 0 Å². The van der Waals surface area contributed by atoms with Gasteiger partial charge in [-0.15, -0.1) is 0 Å². The van der Waals surface area contributed by atoms with Crippen LogP contribution in [0.3, 0.4) is 0 Å². The summed E-state index contributed by atoms with van der Waals surface area (Å²) in [5, 5.41) is 34.1. The normalized spacial score (nSPS) is 25.7. The van der Waals surface area contributed by atoms with Crippen molar-refractivity contribution in [2.45, 2.75) is 62.6 Å². The van der Waals surface area contributed by atoms with Crippen molar-refractivity contribution in [2.75, 3.05) is 6.61 Å². The van der Waals surface area contributed by atoms with Crippen LogP contribution in [0.1, 0.15) is 50.2 Å². The van der Waals surface area contributed by atoms with Gasteiger partial charge in [-0.25, -0.2) is 0 Å². The molecular formula is C26H30Cl2N2O3. The van der Waals surface area contributed by atoms with Crippen molar-refractivity contribution in [3.8, 4) is 6.07 Å². The van der Waals surface area contributed by atoms with Crippen molar-refractivity contribution in [2.24, 2.45) is 5.92 Å². The number of nitrogens with one attached hydrogen (secondary N) is 1. The van der Waals surface area contributed by atoms with Crippen molar-refractivity contribution in [3.63, 3.8) is 0 Å². The second-order valence-corrected chi connectivity index (χ2v) is 9.95. The molecule has 3 rings (SSSR count). The third kappa shape index (κ3) is 5.26. The number of aliphatic hydroxyl groups excluding tert-OH is 2. The fourth-order valence-electron chi connectivity index (χ4n) is 5.08. The van der Waals surface area contributed by atoms with Crippen LogP contribution in [0.2, 0.25) is 10.0 Å². The van der Waals surface area contributed by atoms with Gasteiger partial charge in [0.05, 0.1) is 24.8 Å². The molecule has 0 aliphatic carbocycles. The third-order valence-electron chi connectivity index (χ3n) is 6.57. The molecule has 1 saturated heterocycles. The van der Waals surface area contributed by atoms with E-state index in [0.717, 1.165) is 11.1 Å². The Morgan fingerprint density at radius 1 is 1.18 bits per heavy atom. The molecule has 1 aliphatic heterocycles. The van der Waals surface area contributed by atoms with Gasteiger partial charge in [0, 0.05) is 28.4 Å². The molecule has 7 heteroatoms. The van der Waals surface area contributed by atoms with Gasteiger partial charge in [0.1, 0.15) is 11.2 Å². The van der Waals surface area contributed by atoms with E-state index in [1.165, 1.54) is 0 Å². The van der Waals surface area contributed by atoms with E-state index in [4.69, 9.17) is 28.3 Å². The zero-order valence-electron chi connectivity index (χ0n) is 18.8. The van der Waals surface area contributed by atoms with Gasteiger partial charge in [-0.1, -0.05) is 61.3 Å². The lowest BCUT2D eigenvalue weighted by atomic mass is 9.63. The first kappa shape index (κ1) is 25.7. The maximum atomic E-state index is 13.5. The molecule has 0 saturated carbocycles. The fourth-order valence-corrected chi connectivity index (χ4v) is 5.40. The number of aliphatic hydroxyl groups is 2. The zero-order chi connectivity index (χ0) is 24.2. The highest BCUT2D eigenvalue weighted by atomic mass is 35.5. The number of nitriles is 1. The van der Waals surface area contributed by atoms with Crippen LogP contribution in [0.4, 0.5) is 0 Å². The minimum Gasteiger partial charge on any atom is -0.394 e. The first-order valence-electron chi connectivity index (χ1n) is 11.2. The molecule has 33 heavy (non-hydrogen) atoms. The summed E-state index contributed by atoms with van der Waals surface area (Å²) >= 11 is 12.5. The van der Waals surface area contributed by atoms with Gasteiger partial charge >= 0.3 is 0 Å². The summed E-state index contributed by atoms with van der Waals surface area (Å²) in [5.41, 5.74) is 0.606. The SMILES string of the molecule is CC(C)[C@@H]1N[C@@H](C(=O)CCC[C@H](O)CO)[C@H](c2cccc(Cl)c2)[C@@]1(C#N)c1ccc(Cl)cc1. The summed E-state index contributed by atoms with van der Waals surface area (Å²) in [7, 11) is 0. The molecule has 0 radical (unpaired) electrons. The van der Waals surface area contributed by atoms with Crippen molar-refractivity contribution in [1.82, 2.24) is 5.32 Å². The van der Waals surface area contributed by atoms with Gasteiger partial charge in [-0.3, -0.25) is 4.79 Å². The van der Waals surface area contributed by atoms with E-state index in [1.54, 1.807) is 18.2 Å². The highest BCUT2D eigenvalue weighted by molar-refractivity contribution is 6.30. The van der Waals surface area contributed by atoms with E-state index >= 15 is 0 Å². The summed E-state index contributed by atoms with van der Waals surface area (Å²) in [6, 6.07) is 16.3. The standard InChI is InChI=1S/C26H30Cl2N2O3/c1-16(2)25-26(15-29,18-9-11-19(27)12-10-18)23(17-5-3-6-20(28)13-17)24(30-25)22(33)8-4-7-21(32)14-31/h3,5-6,9-13,16,21,23-25,30-32H,4,7-8,14H2,1-2H3/t21-,23-,24-,25-,26+/m0/s1. The molecule has 1 aliphatic rings. The third-order valence-corrected chi connectivity index (χ3v) is 7.06. The lowest BCUT2D eigenvalue weighted by Crippen LogP contribution is -2.45. The number of Topliss-reactive ketones (excluding diaryl/α,β-unsaturated/α-hetero) is 1. The first-order valence-corrected chi connectivity index (χ1v) is 12.0. The van der Waals surface area contributed by atoms with E-state index in [9.17, 15) is 15.2 Å². The van der Waals surface area contributed by atoms with Crippen molar-refractivity contribution < 1.29 is 15.0 Å². The number of ketones is 1. The molecule has 2 aromatic carbocycles. The Morgan fingerprint density at radius 2 is 1.88 bits per heavy atom. The molecule has 176 valence electrons. The highest BCUT2D eigenvalue weighted by Crippen LogP contribution is 2.51. The number of rotatable bonds is 9. The lowest BCUT2D eigenvalue weighted by Gasteiger charge is -2.36. The van der Waals surface area contributed by atoms with Crippen molar-refractivity contribution in [3.05, 3.63) is 69.7 Å². The van der Waals surface area contributed by atoms with Crippen LogP contribution in [0.15, 0.2) is 48.5 Å². The Labute approximate surface area is 205 Å². The molecule has 2 aromatic rings. The van der Waals surface area contributed by atoms with E-state index in [1.807, 2.05) is 44.2 Å². The Hall–Kier alpha value is -1.94. The largest absolute Gasteiger partial charge is 0.394 e. The molecule has 5 nitrogen and oxygen atoms in total. The van der Waals surface area contributed by atoms with Crippen molar-refractivity contribution >= 4 is 29.0 Å². The molecular weight excluding hydrogens is 459 g/mol. The number of halogens is 2. The number of nitrogens with zero attached hydrogens (tertiary/aromatic N) is 1. The summed E-state index contributed by atoms with van der Waals surface area (Å²) < 4.78 is 0. The van der Waals surface area contributed by atoms with Gasteiger partial charge in [-0.2, -0.15) is 5.26 Å². The van der Waals surface area contributed by atoms with E-state index in [-0.39, 0.29) is 30.8 Å². The predicted molar refractivity (Wildman–Crippen MR) is 130 cm³/mol. The second-order valence-electron chi connectivity index (χ2n) is 9.08. The Balaban J connectivity index is 2.11. The molecule has 3 N–H and O–H groups in total. The average Bonchev–Trinajstić information content (AvgIpc) is 3.16. The van der Waals surface area contributed by atoms with E-state index in [2.05, 4.69) is 11.4 Å². The predicted octanol–water partition coefficient (Wildman–Crippen LogP) is 4.63. The second kappa shape index (κ2) is 11.0. The van der Waals surface area contributed by atoms with Crippen LogP contribution in [-0.4, -0.2) is 40.8 Å². The Morgan fingerprint density at radius 3 is 2.45 bits per heavy atom. The minimum absolute atomic E-state index is 0.0261. The molecule has 0 amide bonds. The van der Waals surface area contributed by atoms with Gasteiger partial charge in [0.2, 0.25) is 0 Å². The number of benzene rings is 2. The molecule has 5 atom stereocenters. The van der Waals surface area contributed by atoms with Crippen LogP contribution >= 0.6 is 23.2 Å². The number of hydrogen-bond donors (Lipinski definition) is 3. The number of carbonyl (C=O) groups excluding carboxylic acids is 1. The zero-order valence-corrected chi connectivity index (χ0v) is 20.4. The molecule has 0 unspecified atom stereocenters. The maximum absolute atomic E-state index is 13.5. The smallest absolute Gasteiger partial charge is 0.150 e. The quantitative estimate of drug-likeness (QED) is 0.478. The maximum Gasteiger partial charge on any atom is 0.150 e. The molecule has 0 bridgehead atoms. The highest BCUT2D eigenvalue weighted by Gasteiger charge is 2.59. The average molecular weight is 489 g/mol. The van der Waals surface area contributed by atoms with Gasteiger partial charge in [0.25, 0.3) is 0 Å². The monoisotopic (exact) mass is 488 g/mol. The van der Waals surface area contributed by atoms with Gasteiger partial charge in [-0.05, 0) is 54.2 Å². The summed E-state index contributed by atoms with van der Waals surface area (Å²) in [6.45, 7) is 3.75. The van der Waals surface area contributed by atoms with Crippen molar-refractivity contribution in [1.29, 1.82) is 5.26 Å². The topological polar surface area (TPSA) is 93.3 Å². The number of carbonyl (C=O) groups is 1. The Kier molecular flexibility index (Phi) is 8.55.